The van der Waals surface area contributed by atoms with E-state index >= 15 is 0 Å². The molecule has 0 bridgehead atoms. The number of nitrogens with zero attached hydrogens (tertiary/aromatic N) is 2. The summed E-state index contributed by atoms with van der Waals surface area (Å²) >= 11 is 5.98. The van der Waals surface area contributed by atoms with Gasteiger partial charge in [-0.15, -0.1) is 0 Å². The van der Waals surface area contributed by atoms with E-state index in [-0.39, 0.29) is 5.91 Å². The van der Waals surface area contributed by atoms with Gasteiger partial charge in [0.15, 0.2) is 5.76 Å². The van der Waals surface area contributed by atoms with Gasteiger partial charge in [0, 0.05) is 23.7 Å². The lowest BCUT2D eigenvalue weighted by molar-refractivity contribution is -0.129. The number of hydrogen-bond acceptors (Lipinski definition) is 3. The summed E-state index contributed by atoms with van der Waals surface area (Å²) < 4.78 is 6.03. The largest absolute Gasteiger partial charge is 0.486 e. The van der Waals surface area contributed by atoms with E-state index in [0.29, 0.717) is 30.5 Å². The molecule has 3 rings (SSSR count). The Morgan fingerprint density at radius 1 is 1.04 bits per heavy atom. The SMILES string of the molecule is CCN(CC)CCOC1=C(c2ccccc2)CN(Cc2ccc(Cl)cc2)C1=O. The zero-order valence-electron chi connectivity index (χ0n) is 16.5. The standard InChI is InChI=1S/C23H27ClN2O2/c1-3-25(4-2)14-15-28-22-21(19-8-6-5-7-9-19)17-26(23(22)27)16-18-10-12-20(24)13-11-18/h5-13H,3-4,14-17H2,1-2H3. The molecule has 1 aliphatic heterocycles. The van der Waals surface area contributed by atoms with Crippen LogP contribution in [0.25, 0.3) is 5.57 Å². The van der Waals surface area contributed by atoms with Gasteiger partial charge in [0.2, 0.25) is 0 Å². The molecule has 0 atom stereocenters. The summed E-state index contributed by atoms with van der Waals surface area (Å²) in [6.07, 6.45) is 0. The van der Waals surface area contributed by atoms with Crippen molar-refractivity contribution in [3.63, 3.8) is 0 Å². The van der Waals surface area contributed by atoms with Crippen LogP contribution in [0.5, 0.6) is 0 Å². The monoisotopic (exact) mass is 398 g/mol. The Bertz CT molecular complexity index is 814. The molecular weight excluding hydrogens is 372 g/mol. The molecule has 0 aliphatic carbocycles. The highest BCUT2D eigenvalue weighted by Gasteiger charge is 2.32. The first-order valence-corrected chi connectivity index (χ1v) is 10.2. The first kappa shape index (κ1) is 20.4. The normalized spacial score (nSPS) is 14.3. The Morgan fingerprint density at radius 2 is 1.71 bits per heavy atom. The molecule has 1 amide bonds. The van der Waals surface area contributed by atoms with Gasteiger partial charge in [0.1, 0.15) is 6.61 Å². The summed E-state index contributed by atoms with van der Waals surface area (Å²) in [4.78, 5) is 17.2. The molecule has 148 valence electrons. The topological polar surface area (TPSA) is 32.8 Å². The van der Waals surface area contributed by atoms with E-state index in [2.05, 4.69) is 18.7 Å². The second-order valence-corrected chi connectivity index (χ2v) is 7.27. The van der Waals surface area contributed by atoms with Crippen LogP contribution in [0.3, 0.4) is 0 Å². The van der Waals surface area contributed by atoms with Crippen molar-refractivity contribution < 1.29 is 9.53 Å². The van der Waals surface area contributed by atoms with E-state index in [1.54, 1.807) is 0 Å². The summed E-state index contributed by atoms with van der Waals surface area (Å²) in [5.41, 5.74) is 3.04. The number of ether oxygens (including phenoxy) is 1. The van der Waals surface area contributed by atoms with E-state index in [9.17, 15) is 4.79 Å². The first-order valence-electron chi connectivity index (χ1n) is 9.79. The predicted octanol–water partition coefficient (Wildman–Crippen LogP) is 4.45. The Labute approximate surface area is 172 Å². The first-order chi connectivity index (χ1) is 13.6. The molecule has 0 saturated heterocycles. The number of benzene rings is 2. The van der Waals surface area contributed by atoms with Crippen LogP contribution in [0.2, 0.25) is 5.02 Å². The number of carbonyl (C=O) groups excluding carboxylic acids is 1. The lowest BCUT2D eigenvalue weighted by Gasteiger charge is -2.19. The zero-order valence-corrected chi connectivity index (χ0v) is 17.3. The summed E-state index contributed by atoms with van der Waals surface area (Å²) in [7, 11) is 0. The van der Waals surface area contributed by atoms with Crippen molar-refractivity contribution in [2.24, 2.45) is 0 Å². The van der Waals surface area contributed by atoms with Crippen molar-refractivity contribution in [1.29, 1.82) is 0 Å². The molecule has 1 heterocycles. The maximum absolute atomic E-state index is 13.1. The van der Waals surface area contributed by atoms with Crippen molar-refractivity contribution in [1.82, 2.24) is 9.80 Å². The van der Waals surface area contributed by atoms with Gasteiger partial charge in [-0.2, -0.15) is 0 Å². The fourth-order valence-corrected chi connectivity index (χ4v) is 3.50. The van der Waals surface area contributed by atoms with Crippen molar-refractivity contribution in [3.8, 4) is 0 Å². The van der Waals surface area contributed by atoms with Crippen LogP contribution in [0.4, 0.5) is 0 Å². The summed E-state index contributed by atoms with van der Waals surface area (Å²) in [5.74, 6) is 0.431. The number of carbonyl (C=O) groups is 1. The van der Waals surface area contributed by atoms with Gasteiger partial charge in [-0.05, 0) is 36.3 Å². The number of likely N-dealkylation sites (N-methyl/N-ethyl adjacent to an activating group) is 1. The highest BCUT2D eigenvalue weighted by atomic mass is 35.5. The number of rotatable bonds is 9. The molecule has 0 saturated carbocycles. The quantitative estimate of drug-likeness (QED) is 0.625. The van der Waals surface area contributed by atoms with Crippen molar-refractivity contribution in [2.75, 3.05) is 32.8 Å². The minimum atomic E-state index is -0.0478. The van der Waals surface area contributed by atoms with Crippen LogP contribution in [0.1, 0.15) is 25.0 Å². The van der Waals surface area contributed by atoms with E-state index in [0.717, 1.165) is 36.3 Å². The maximum atomic E-state index is 13.1. The molecule has 2 aromatic carbocycles. The smallest absolute Gasteiger partial charge is 0.289 e. The van der Waals surface area contributed by atoms with Gasteiger partial charge in [-0.3, -0.25) is 4.79 Å². The molecule has 5 heteroatoms. The molecule has 2 aromatic rings. The van der Waals surface area contributed by atoms with Gasteiger partial charge >= 0.3 is 0 Å². The van der Waals surface area contributed by atoms with Gasteiger partial charge < -0.3 is 14.5 Å². The maximum Gasteiger partial charge on any atom is 0.289 e. The molecule has 0 fully saturated rings. The minimum Gasteiger partial charge on any atom is -0.486 e. The lowest BCUT2D eigenvalue weighted by atomic mass is 10.1. The third-order valence-corrected chi connectivity index (χ3v) is 5.31. The summed E-state index contributed by atoms with van der Waals surface area (Å²) in [5, 5.41) is 0.694. The highest BCUT2D eigenvalue weighted by molar-refractivity contribution is 6.30. The molecule has 4 nitrogen and oxygen atoms in total. The lowest BCUT2D eigenvalue weighted by Crippen LogP contribution is -2.29. The van der Waals surface area contributed by atoms with Crippen LogP contribution in [-0.4, -0.2) is 48.5 Å². The van der Waals surface area contributed by atoms with Gasteiger partial charge in [-0.25, -0.2) is 0 Å². The third kappa shape index (κ3) is 4.94. The van der Waals surface area contributed by atoms with Crippen LogP contribution >= 0.6 is 11.6 Å². The fraction of sp³-hybridized carbons (Fsp3) is 0.348. The molecule has 0 spiro atoms. The molecule has 28 heavy (non-hydrogen) atoms. The van der Waals surface area contributed by atoms with Gasteiger partial charge in [0.05, 0.1) is 6.54 Å². The van der Waals surface area contributed by atoms with E-state index in [1.165, 1.54) is 0 Å². The van der Waals surface area contributed by atoms with Crippen molar-refractivity contribution in [3.05, 3.63) is 76.5 Å². The molecule has 0 radical (unpaired) electrons. The Hall–Kier alpha value is -2.30. The van der Waals surface area contributed by atoms with E-state index in [1.807, 2.05) is 59.5 Å². The van der Waals surface area contributed by atoms with E-state index in [4.69, 9.17) is 16.3 Å². The van der Waals surface area contributed by atoms with Crippen LogP contribution in [0.15, 0.2) is 60.4 Å². The molecule has 1 aliphatic rings. The molecule has 0 unspecified atom stereocenters. The van der Waals surface area contributed by atoms with Crippen LogP contribution in [-0.2, 0) is 16.1 Å². The Morgan fingerprint density at radius 3 is 2.36 bits per heavy atom. The second-order valence-electron chi connectivity index (χ2n) is 6.84. The van der Waals surface area contributed by atoms with Crippen molar-refractivity contribution in [2.45, 2.75) is 20.4 Å². The third-order valence-electron chi connectivity index (χ3n) is 5.06. The predicted molar refractivity (Wildman–Crippen MR) is 114 cm³/mol. The summed E-state index contributed by atoms with van der Waals surface area (Å²) in [6.45, 7) is 8.61. The molecule has 0 aromatic heterocycles. The van der Waals surface area contributed by atoms with Crippen LogP contribution < -0.4 is 0 Å². The summed E-state index contributed by atoms with van der Waals surface area (Å²) in [6, 6.07) is 17.6. The minimum absolute atomic E-state index is 0.0478. The average Bonchev–Trinajstić information content (AvgIpc) is 3.03. The van der Waals surface area contributed by atoms with Crippen molar-refractivity contribution >= 4 is 23.1 Å². The zero-order chi connectivity index (χ0) is 19.9. The van der Waals surface area contributed by atoms with Gasteiger partial charge in [-0.1, -0.05) is 67.9 Å². The highest BCUT2D eigenvalue weighted by Crippen LogP contribution is 2.30. The van der Waals surface area contributed by atoms with Crippen LogP contribution in [0, 0.1) is 0 Å². The number of halogens is 1. The molecular formula is C23H27ClN2O2. The number of amides is 1. The fourth-order valence-electron chi connectivity index (χ4n) is 3.37. The Balaban J connectivity index is 1.76. The molecule has 0 N–H and O–H groups in total. The average molecular weight is 399 g/mol. The second kappa shape index (κ2) is 9.76. The van der Waals surface area contributed by atoms with Gasteiger partial charge in [0.25, 0.3) is 5.91 Å². The number of hydrogen-bond donors (Lipinski definition) is 0. The Kier molecular flexibility index (Phi) is 7.12. The van der Waals surface area contributed by atoms with E-state index < -0.39 is 0 Å².